The summed E-state index contributed by atoms with van der Waals surface area (Å²) >= 11 is 0. The zero-order valence-electron chi connectivity index (χ0n) is 14.3. The molecule has 0 spiro atoms. The van der Waals surface area contributed by atoms with Crippen molar-refractivity contribution in [1.29, 1.82) is 0 Å². The van der Waals surface area contributed by atoms with E-state index in [0.717, 1.165) is 37.2 Å². The molecule has 126 valence electrons. The molecule has 2 aromatic rings. The number of ether oxygens (including phenoxy) is 1. The fraction of sp³-hybridized carbons (Fsp3) is 0.611. The van der Waals surface area contributed by atoms with Crippen molar-refractivity contribution in [2.75, 3.05) is 26.3 Å². The van der Waals surface area contributed by atoms with E-state index in [1.807, 2.05) is 6.33 Å². The molecule has 2 atom stereocenters. The predicted molar refractivity (Wildman–Crippen MR) is 91.7 cm³/mol. The summed E-state index contributed by atoms with van der Waals surface area (Å²) in [6.07, 6.45) is 2.45. The molecule has 5 heteroatoms. The van der Waals surface area contributed by atoms with E-state index >= 15 is 0 Å². The Hall–Kier alpha value is -1.43. The number of rotatable bonds is 4. The molecule has 5 nitrogen and oxygen atoms in total. The molecule has 0 radical (unpaired) electrons. The first-order valence-corrected chi connectivity index (χ1v) is 8.46. The number of aliphatic hydroxyl groups excluding tert-OH is 1. The number of imidazole rings is 1. The van der Waals surface area contributed by atoms with E-state index in [4.69, 9.17) is 4.74 Å². The number of aromatic nitrogens is 2. The number of nitrogens with zero attached hydrogens (tertiary/aromatic N) is 3. The molecule has 23 heavy (non-hydrogen) atoms. The van der Waals surface area contributed by atoms with Crippen LogP contribution in [0.5, 0.6) is 0 Å². The summed E-state index contributed by atoms with van der Waals surface area (Å²) in [6.45, 7) is 10.1. The van der Waals surface area contributed by atoms with Crippen LogP contribution in [0.2, 0.25) is 0 Å². The normalized spacial score (nSPS) is 21.5. The lowest BCUT2D eigenvalue weighted by Crippen LogP contribution is -2.40. The molecule has 1 fully saturated rings. The van der Waals surface area contributed by atoms with Gasteiger partial charge in [-0.05, 0) is 50.5 Å². The molecule has 1 N–H and O–H groups in total. The Labute approximate surface area is 137 Å². The zero-order valence-corrected chi connectivity index (χ0v) is 14.3. The second kappa shape index (κ2) is 6.99. The van der Waals surface area contributed by atoms with Gasteiger partial charge in [0.05, 0.1) is 36.6 Å². The molecule has 0 amide bonds. The Morgan fingerprint density at radius 3 is 2.87 bits per heavy atom. The van der Waals surface area contributed by atoms with Gasteiger partial charge in [0, 0.05) is 25.7 Å². The van der Waals surface area contributed by atoms with Gasteiger partial charge in [-0.3, -0.25) is 4.90 Å². The van der Waals surface area contributed by atoms with Gasteiger partial charge in [0.2, 0.25) is 0 Å². The van der Waals surface area contributed by atoms with Gasteiger partial charge in [0.1, 0.15) is 0 Å². The third-order valence-corrected chi connectivity index (χ3v) is 4.92. The summed E-state index contributed by atoms with van der Waals surface area (Å²) in [6, 6.07) is 4.73. The van der Waals surface area contributed by atoms with Gasteiger partial charge >= 0.3 is 0 Å². The lowest BCUT2D eigenvalue weighted by molar-refractivity contribution is 0.0782. The van der Waals surface area contributed by atoms with Gasteiger partial charge in [-0.15, -0.1) is 0 Å². The second-order valence-electron chi connectivity index (χ2n) is 6.72. The van der Waals surface area contributed by atoms with E-state index in [0.29, 0.717) is 19.1 Å². The molecular formula is C18H27N3O2. The minimum Gasteiger partial charge on any atom is -0.390 e. The van der Waals surface area contributed by atoms with Crippen molar-refractivity contribution in [3.63, 3.8) is 0 Å². The number of hydrogen-bond donors (Lipinski definition) is 1. The average Bonchev–Trinajstić information content (AvgIpc) is 2.75. The Morgan fingerprint density at radius 1 is 1.26 bits per heavy atom. The lowest BCUT2D eigenvalue weighted by atomic mass is 10.1. The van der Waals surface area contributed by atoms with Crippen LogP contribution < -0.4 is 0 Å². The second-order valence-corrected chi connectivity index (χ2v) is 6.72. The summed E-state index contributed by atoms with van der Waals surface area (Å²) in [5.74, 6) is 0. The topological polar surface area (TPSA) is 50.5 Å². The summed E-state index contributed by atoms with van der Waals surface area (Å²) in [5.41, 5.74) is 4.60. The highest BCUT2D eigenvalue weighted by Crippen LogP contribution is 2.19. The molecule has 1 aromatic carbocycles. The lowest BCUT2D eigenvalue weighted by Gasteiger charge is -2.28. The van der Waals surface area contributed by atoms with Crippen molar-refractivity contribution in [2.45, 2.75) is 45.9 Å². The van der Waals surface area contributed by atoms with Gasteiger partial charge in [0.15, 0.2) is 0 Å². The molecule has 1 saturated heterocycles. The van der Waals surface area contributed by atoms with Crippen LogP contribution in [0.3, 0.4) is 0 Å². The SMILES string of the molecule is Cc1cc2ncn(CC(O)CN3CCOCCC3C)c2cc1C. The molecule has 3 rings (SSSR count). The van der Waals surface area contributed by atoms with Crippen LogP contribution >= 0.6 is 0 Å². The van der Waals surface area contributed by atoms with E-state index in [-0.39, 0.29) is 0 Å². The molecule has 0 saturated carbocycles. The first kappa shape index (κ1) is 16.4. The number of benzene rings is 1. The van der Waals surface area contributed by atoms with Gasteiger partial charge in [-0.1, -0.05) is 0 Å². The maximum absolute atomic E-state index is 10.5. The van der Waals surface area contributed by atoms with Crippen LogP contribution in [0.1, 0.15) is 24.5 Å². The van der Waals surface area contributed by atoms with Gasteiger partial charge in [-0.25, -0.2) is 4.98 Å². The number of aliphatic hydroxyl groups is 1. The average molecular weight is 317 g/mol. The molecule has 0 aliphatic carbocycles. The highest BCUT2D eigenvalue weighted by atomic mass is 16.5. The molecule has 2 heterocycles. The number of aryl methyl sites for hydroxylation is 2. The van der Waals surface area contributed by atoms with E-state index in [1.54, 1.807) is 0 Å². The standard InChI is InChI=1S/C18H27N3O2/c1-13-8-17-18(9-14(13)2)21(12-19-17)11-16(22)10-20-5-7-23-6-4-15(20)3/h8-9,12,15-16,22H,4-7,10-11H2,1-3H3. The summed E-state index contributed by atoms with van der Waals surface area (Å²) in [4.78, 5) is 6.79. The van der Waals surface area contributed by atoms with Crippen molar-refractivity contribution < 1.29 is 9.84 Å². The maximum Gasteiger partial charge on any atom is 0.0959 e. The monoisotopic (exact) mass is 317 g/mol. The first-order chi connectivity index (χ1) is 11.0. The van der Waals surface area contributed by atoms with Crippen LogP contribution in [0.25, 0.3) is 11.0 Å². The van der Waals surface area contributed by atoms with E-state index in [1.165, 1.54) is 11.1 Å². The zero-order chi connectivity index (χ0) is 16.4. The van der Waals surface area contributed by atoms with Crippen molar-refractivity contribution in [3.05, 3.63) is 29.6 Å². The molecule has 0 bridgehead atoms. The number of hydrogen-bond acceptors (Lipinski definition) is 4. The van der Waals surface area contributed by atoms with E-state index in [2.05, 4.69) is 47.4 Å². The highest BCUT2D eigenvalue weighted by molar-refractivity contribution is 5.77. The highest BCUT2D eigenvalue weighted by Gasteiger charge is 2.20. The molecule has 2 unspecified atom stereocenters. The van der Waals surface area contributed by atoms with Crippen LogP contribution in [-0.4, -0.2) is 58.0 Å². The largest absolute Gasteiger partial charge is 0.390 e. The van der Waals surface area contributed by atoms with Crippen molar-refractivity contribution >= 4 is 11.0 Å². The Morgan fingerprint density at radius 2 is 2.04 bits per heavy atom. The third kappa shape index (κ3) is 3.74. The smallest absolute Gasteiger partial charge is 0.0959 e. The van der Waals surface area contributed by atoms with Gasteiger partial charge < -0.3 is 14.4 Å². The Kier molecular flexibility index (Phi) is 4.99. The molecule has 1 aliphatic rings. The maximum atomic E-state index is 10.5. The summed E-state index contributed by atoms with van der Waals surface area (Å²) in [7, 11) is 0. The van der Waals surface area contributed by atoms with Crippen molar-refractivity contribution in [1.82, 2.24) is 14.5 Å². The van der Waals surface area contributed by atoms with Crippen molar-refractivity contribution in [2.24, 2.45) is 0 Å². The van der Waals surface area contributed by atoms with Crippen LogP contribution in [0.4, 0.5) is 0 Å². The van der Waals surface area contributed by atoms with Crippen molar-refractivity contribution in [3.8, 4) is 0 Å². The Bertz CT molecular complexity index is 668. The predicted octanol–water partition coefficient (Wildman–Crippen LogP) is 2.12. The van der Waals surface area contributed by atoms with Crippen LogP contribution in [0, 0.1) is 13.8 Å². The molecule has 1 aromatic heterocycles. The quantitative estimate of drug-likeness (QED) is 0.938. The third-order valence-electron chi connectivity index (χ3n) is 4.92. The minimum absolute atomic E-state index is 0.408. The molecule has 1 aliphatic heterocycles. The van der Waals surface area contributed by atoms with Gasteiger partial charge in [0.25, 0.3) is 0 Å². The van der Waals surface area contributed by atoms with Crippen LogP contribution in [0.15, 0.2) is 18.5 Å². The van der Waals surface area contributed by atoms with Gasteiger partial charge in [-0.2, -0.15) is 0 Å². The Balaban J connectivity index is 1.70. The fourth-order valence-electron chi connectivity index (χ4n) is 3.23. The number of fused-ring (bicyclic) bond motifs is 1. The first-order valence-electron chi connectivity index (χ1n) is 8.46. The minimum atomic E-state index is -0.408. The van der Waals surface area contributed by atoms with Crippen LogP contribution in [-0.2, 0) is 11.3 Å². The molecular weight excluding hydrogens is 290 g/mol. The summed E-state index contributed by atoms with van der Waals surface area (Å²) in [5, 5.41) is 10.5. The van der Waals surface area contributed by atoms with E-state index in [9.17, 15) is 5.11 Å². The van der Waals surface area contributed by atoms with E-state index < -0.39 is 6.10 Å². The summed E-state index contributed by atoms with van der Waals surface area (Å²) < 4.78 is 7.59. The number of β-amino-alcohol motifs (C(OH)–C–C–N with tert-alkyl or cyclic N) is 1. The fourth-order valence-corrected chi connectivity index (χ4v) is 3.23.